The molecule has 0 spiro atoms. The molecule has 0 aliphatic rings. The molecule has 0 radical (unpaired) electrons. The van der Waals surface area contributed by atoms with Crippen molar-refractivity contribution in [3.63, 3.8) is 0 Å². The number of allylic oxidation sites excluding steroid dienone is 5. The molecule has 0 fully saturated rings. The average molecular weight is 426 g/mol. The molecule has 2 aromatic heterocycles. The van der Waals surface area contributed by atoms with E-state index in [1.807, 2.05) is 37.3 Å². The van der Waals surface area contributed by atoms with Crippen molar-refractivity contribution in [3.8, 4) is 0 Å². The van der Waals surface area contributed by atoms with Crippen LogP contribution in [0.4, 0.5) is 5.82 Å². The van der Waals surface area contributed by atoms with Crippen LogP contribution in [0, 0.1) is 4.64 Å². The highest BCUT2D eigenvalue weighted by Crippen LogP contribution is 2.26. The highest BCUT2D eigenvalue weighted by Gasteiger charge is 2.06. The zero-order valence-electron chi connectivity index (χ0n) is 15.9. The van der Waals surface area contributed by atoms with Gasteiger partial charge >= 0.3 is 0 Å². The van der Waals surface area contributed by atoms with Crippen molar-refractivity contribution in [2.45, 2.75) is 31.7 Å². The summed E-state index contributed by atoms with van der Waals surface area (Å²) in [4.78, 5) is 3.39. The predicted octanol–water partition coefficient (Wildman–Crippen LogP) is 7.18. The SMILES string of the molecule is C\C=C/C=C\C(=C\c1ccc(CNc2n[nH]c(=S)c3ccc(S)cc23)s1)CC. The topological polar surface area (TPSA) is 40.7 Å². The van der Waals surface area contributed by atoms with E-state index in [4.69, 9.17) is 12.2 Å². The Kier molecular flexibility index (Phi) is 7.25. The van der Waals surface area contributed by atoms with Gasteiger partial charge in [0.2, 0.25) is 0 Å². The van der Waals surface area contributed by atoms with Gasteiger partial charge in [-0.25, -0.2) is 0 Å². The lowest BCUT2D eigenvalue weighted by molar-refractivity contribution is 1.01. The highest BCUT2D eigenvalue weighted by molar-refractivity contribution is 7.80. The van der Waals surface area contributed by atoms with Crippen LogP contribution in [0.15, 0.2) is 65.1 Å². The van der Waals surface area contributed by atoms with Gasteiger partial charge in [-0.1, -0.05) is 49.5 Å². The molecule has 0 atom stereocenters. The Morgan fingerprint density at radius 3 is 2.89 bits per heavy atom. The summed E-state index contributed by atoms with van der Waals surface area (Å²) in [6.07, 6.45) is 11.6. The van der Waals surface area contributed by atoms with E-state index in [-0.39, 0.29) is 0 Å². The summed E-state index contributed by atoms with van der Waals surface area (Å²) in [5, 5.41) is 12.7. The number of anilines is 1. The Morgan fingerprint density at radius 2 is 2.11 bits per heavy atom. The fourth-order valence-electron chi connectivity index (χ4n) is 2.77. The summed E-state index contributed by atoms with van der Waals surface area (Å²) in [6, 6.07) is 10.2. The van der Waals surface area contributed by atoms with Crippen molar-refractivity contribution >= 4 is 58.8 Å². The second-order valence-corrected chi connectivity index (χ2v) is 8.37. The standard InChI is InChI=1S/C22H23N3S3/c1-3-5-6-7-15(4-2)12-17-9-10-18(28-17)14-23-21-20-13-16(26)8-11-19(20)22(27)25-24-21/h3,5-13,26H,4,14H2,1-2H3,(H,23,24)(H,25,27)/b5-3-,7-6-,15-12+. The van der Waals surface area contributed by atoms with Crippen molar-refractivity contribution in [1.82, 2.24) is 10.2 Å². The number of hydrogen-bond donors (Lipinski definition) is 3. The number of thiophene rings is 1. The number of benzene rings is 1. The number of rotatable bonds is 7. The quantitative estimate of drug-likeness (QED) is 0.213. The Morgan fingerprint density at radius 1 is 1.25 bits per heavy atom. The third kappa shape index (κ3) is 5.22. The summed E-state index contributed by atoms with van der Waals surface area (Å²) >= 11 is 11.6. The van der Waals surface area contributed by atoms with Crippen LogP contribution in [0.3, 0.4) is 0 Å². The van der Waals surface area contributed by atoms with E-state index >= 15 is 0 Å². The smallest absolute Gasteiger partial charge is 0.154 e. The predicted molar refractivity (Wildman–Crippen MR) is 128 cm³/mol. The van der Waals surface area contributed by atoms with E-state index in [1.54, 1.807) is 11.3 Å². The minimum absolute atomic E-state index is 0.635. The van der Waals surface area contributed by atoms with Gasteiger partial charge in [0.15, 0.2) is 5.82 Å². The fourth-order valence-corrected chi connectivity index (χ4v) is 4.12. The highest BCUT2D eigenvalue weighted by atomic mass is 32.1. The van der Waals surface area contributed by atoms with Crippen molar-refractivity contribution in [1.29, 1.82) is 0 Å². The maximum absolute atomic E-state index is 5.34. The molecule has 0 bridgehead atoms. The molecule has 3 aromatic rings. The maximum atomic E-state index is 5.34. The van der Waals surface area contributed by atoms with E-state index < -0.39 is 0 Å². The molecule has 28 heavy (non-hydrogen) atoms. The van der Waals surface area contributed by atoms with Gasteiger partial charge in [-0.05, 0) is 49.3 Å². The van der Waals surface area contributed by atoms with Crippen LogP contribution in [0.2, 0.25) is 0 Å². The van der Waals surface area contributed by atoms with E-state index in [0.29, 0.717) is 11.2 Å². The molecule has 0 saturated carbocycles. The third-order valence-electron chi connectivity index (χ3n) is 4.23. The maximum Gasteiger partial charge on any atom is 0.154 e. The van der Waals surface area contributed by atoms with Gasteiger partial charge in [0, 0.05) is 25.4 Å². The van der Waals surface area contributed by atoms with Crippen LogP contribution in [0.5, 0.6) is 0 Å². The summed E-state index contributed by atoms with van der Waals surface area (Å²) in [7, 11) is 0. The van der Waals surface area contributed by atoms with Gasteiger partial charge < -0.3 is 5.32 Å². The average Bonchev–Trinajstić information content (AvgIpc) is 3.14. The molecule has 0 saturated heterocycles. The van der Waals surface area contributed by atoms with Crippen LogP contribution < -0.4 is 5.32 Å². The Balaban J connectivity index is 1.76. The van der Waals surface area contributed by atoms with Crippen LogP contribution in [0.1, 0.15) is 30.0 Å². The Bertz CT molecular complexity index is 1100. The van der Waals surface area contributed by atoms with Gasteiger partial charge in [-0.3, -0.25) is 5.10 Å². The van der Waals surface area contributed by atoms with Crippen molar-refractivity contribution in [2.24, 2.45) is 0 Å². The molecule has 0 aliphatic carbocycles. The van der Waals surface area contributed by atoms with Crippen LogP contribution >= 0.6 is 36.2 Å². The molecule has 144 valence electrons. The molecular weight excluding hydrogens is 402 g/mol. The van der Waals surface area contributed by atoms with Gasteiger partial charge in [-0.2, -0.15) is 5.10 Å². The number of nitrogens with one attached hydrogen (secondary N) is 2. The normalized spacial score (nSPS) is 12.5. The first-order valence-corrected chi connectivity index (χ1v) is 10.8. The second-order valence-electron chi connectivity index (χ2n) is 6.25. The van der Waals surface area contributed by atoms with E-state index in [0.717, 1.165) is 27.9 Å². The van der Waals surface area contributed by atoms with Crippen molar-refractivity contribution in [2.75, 3.05) is 5.32 Å². The lowest BCUT2D eigenvalue weighted by Crippen LogP contribution is -2.02. The minimum atomic E-state index is 0.635. The summed E-state index contributed by atoms with van der Waals surface area (Å²) < 4.78 is 0.635. The second kappa shape index (κ2) is 9.87. The zero-order chi connectivity index (χ0) is 19.9. The summed E-state index contributed by atoms with van der Waals surface area (Å²) in [5.74, 6) is 0.786. The van der Waals surface area contributed by atoms with E-state index in [9.17, 15) is 0 Å². The fraction of sp³-hybridized carbons (Fsp3) is 0.182. The third-order valence-corrected chi connectivity index (χ3v) is 5.86. The van der Waals surface area contributed by atoms with Gasteiger partial charge in [0.1, 0.15) is 4.64 Å². The molecular formula is C22H23N3S3. The number of H-pyrrole nitrogens is 1. The number of aromatic nitrogens is 2. The molecule has 6 heteroatoms. The number of hydrogen-bond acceptors (Lipinski definition) is 5. The first-order chi connectivity index (χ1) is 13.6. The van der Waals surface area contributed by atoms with Crippen LogP contribution in [-0.4, -0.2) is 10.2 Å². The number of aromatic amines is 1. The Labute approximate surface area is 180 Å². The first kappa shape index (κ1) is 20.6. The minimum Gasteiger partial charge on any atom is -0.363 e. The number of nitrogens with zero attached hydrogens (tertiary/aromatic N) is 1. The van der Waals surface area contributed by atoms with Crippen molar-refractivity contribution < 1.29 is 0 Å². The molecule has 3 nitrogen and oxygen atoms in total. The van der Waals surface area contributed by atoms with Crippen molar-refractivity contribution in [3.05, 3.63) is 74.6 Å². The lowest BCUT2D eigenvalue weighted by atomic mass is 10.1. The summed E-state index contributed by atoms with van der Waals surface area (Å²) in [5.41, 5.74) is 1.31. The van der Waals surface area contributed by atoms with E-state index in [2.05, 4.69) is 65.4 Å². The summed E-state index contributed by atoms with van der Waals surface area (Å²) in [6.45, 7) is 4.90. The Hall–Kier alpha value is -2.15. The molecule has 2 heterocycles. The lowest BCUT2D eigenvalue weighted by Gasteiger charge is -2.08. The van der Waals surface area contributed by atoms with Crippen LogP contribution in [-0.2, 0) is 6.54 Å². The molecule has 0 aliphatic heterocycles. The number of thiol groups is 1. The van der Waals surface area contributed by atoms with Gasteiger partial charge in [-0.15, -0.1) is 24.0 Å². The molecule has 3 rings (SSSR count). The van der Waals surface area contributed by atoms with Crippen LogP contribution in [0.25, 0.3) is 16.8 Å². The largest absolute Gasteiger partial charge is 0.363 e. The molecule has 0 unspecified atom stereocenters. The monoisotopic (exact) mass is 425 g/mol. The molecule has 2 N–H and O–H groups in total. The van der Waals surface area contributed by atoms with E-state index in [1.165, 1.54) is 15.3 Å². The molecule has 0 amide bonds. The van der Waals surface area contributed by atoms with Gasteiger partial charge in [0.05, 0.1) is 6.54 Å². The van der Waals surface area contributed by atoms with Gasteiger partial charge in [0.25, 0.3) is 0 Å². The number of fused-ring (bicyclic) bond motifs is 1. The molecule has 1 aromatic carbocycles. The first-order valence-electron chi connectivity index (χ1n) is 9.14. The zero-order valence-corrected chi connectivity index (χ0v) is 18.4.